The van der Waals surface area contributed by atoms with E-state index in [0.29, 0.717) is 0 Å². The van der Waals surface area contributed by atoms with Gasteiger partial charge >= 0.3 is 0 Å². The molecule has 2 aliphatic rings. The zero-order chi connectivity index (χ0) is 9.59. The molecule has 0 aromatic heterocycles. The summed E-state index contributed by atoms with van der Waals surface area (Å²) in [5, 5.41) is 0. The molecule has 3 heteroatoms. The van der Waals surface area contributed by atoms with Crippen molar-refractivity contribution in [2.45, 2.75) is 19.8 Å². The van der Waals surface area contributed by atoms with Gasteiger partial charge in [-0.1, -0.05) is 11.6 Å². The van der Waals surface area contributed by atoms with Gasteiger partial charge in [0.1, 0.15) is 0 Å². The minimum Gasteiger partial charge on any atom is -0.285 e. The van der Waals surface area contributed by atoms with Crippen LogP contribution in [0.2, 0.25) is 0 Å². The minimum absolute atomic E-state index is 0.00116. The lowest BCUT2D eigenvalue weighted by Crippen LogP contribution is -2.25. The first kappa shape index (κ1) is 8.48. The number of hydrogen-bond acceptors (Lipinski definition) is 2. The number of rotatable bonds is 0. The van der Waals surface area contributed by atoms with Gasteiger partial charge in [0, 0.05) is 7.05 Å². The molecule has 1 saturated heterocycles. The van der Waals surface area contributed by atoms with Gasteiger partial charge in [-0.25, -0.2) is 0 Å². The Labute approximate surface area is 77.4 Å². The predicted octanol–water partition coefficient (Wildman–Crippen LogP) is 0.958. The van der Waals surface area contributed by atoms with Gasteiger partial charge < -0.3 is 0 Å². The van der Waals surface area contributed by atoms with Gasteiger partial charge in [0.05, 0.1) is 11.8 Å². The van der Waals surface area contributed by atoms with E-state index in [-0.39, 0.29) is 23.7 Å². The standard InChI is InChI=1S/C10H13NO2/c1-6-3-4-7-8(5-6)10(13)11(2)9(7)12/h5,7-8H,3-4H2,1-2H3. The highest BCUT2D eigenvalue weighted by Gasteiger charge is 2.45. The zero-order valence-electron chi connectivity index (χ0n) is 7.91. The lowest BCUT2D eigenvalue weighted by molar-refractivity contribution is -0.138. The van der Waals surface area contributed by atoms with Crippen LogP contribution in [0.4, 0.5) is 0 Å². The van der Waals surface area contributed by atoms with E-state index in [2.05, 4.69) is 0 Å². The first-order valence-corrected chi connectivity index (χ1v) is 4.60. The molecule has 70 valence electrons. The first-order valence-electron chi connectivity index (χ1n) is 4.60. The Balaban J connectivity index is 2.35. The molecule has 0 aromatic rings. The number of amides is 2. The molecule has 0 saturated carbocycles. The molecule has 0 bridgehead atoms. The van der Waals surface area contributed by atoms with Gasteiger partial charge in [0.15, 0.2) is 0 Å². The summed E-state index contributed by atoms with van der Waals surface area (Å²) < 4.78 is 0. The second-order valence-electron chi connectivity index (χ2n) is 3.92. The van der Waals surface area contributed by atoms with Crippen molar-refractivity contribution < 1.29 is 9.59 Å². The third kappa shape index (κ3) is 1.10. The van der Waals surface area contributed by atoms with E-state index in [1.54, 1.807) is 7.05 Å². The van der Waals surface area contributed by atoms with E-state index < -0.39 is 0 Å². The maximum Gasteiger partial charge on any atom is 0.236 e. The summed E-state index contributed by atoms with van der Waals surface area (Å²) in [6.07, 6.45) is 3.74. The molecule has 0 N–H and O–H groups in total. The van der Waals surface area contributed by atoms with Crippen molar-refractivity contribution in [3.63, 3.8) is 0 Å². The summed E-state index contributed by atoms with van der Waals surface area (Å²) in [4.78, 5) is 24.4. The number of fused-ring (bicyclic) bond motifs is 1. The number of nitrogens with zero attached hydrogens (tertiary/aromatic N) is 1. The van der Waals surface area contributed by atoms with E-state index in [9.17, 15) is 9.59 Å². The number of carbonyl (C=O) groups excluding carboxylic acids is 2. The van der Waals surface area contributed by atoms with Crippen LogP contribution in [0, 0.1) is 11.8 Å². The fraction of sp³-hybridized carbons (Fsp3) is 0.600. The molecule has 1 fully saturated rings. The topological polar surface area (TPSA) is 37.4 Å². The maximum absolute atomic E-state index is 11.6. The van der Waals surface area contributed by atoms with Crippen LogP contribution in [0.1, 0.15) is 19.8 Å². The van der Waals surface area contributed by atoms with Gasteiger partial charge in [0.2, 0.25) is 11.8 Å². The molecule has 3 nitrogen and oxygen atoms in total. The Morgan fingerprint density at radius 1 is 1.38 bits per heavy atom. The molecule has 2 rings (SSSR count). The van der Waals surface area contributed by atoms with Crippen LogP contribution in [0.3, 0.4) is 0 Å². The second-order valence-corrected chi connectivity index (χ2v) is 3.92. The Morgan fingerprint density at radius 2 is 2.08 bits per heavy atom. The molecular weight excluding hydrogens is 166 g/mol. The van der Waals surface area contributed by atoms with Crippen molar-refractivity contribution in [1.82, 2.24) is 4.90 Å². The quantitative estimate of drug-likeness (QED) is 0.410. The van der Waals surface area contributed by atoms with Gasteiger partial charge in [0.25, 0.3) is 0 Å². The lowest BCUT2D eigenvalue weighted by atomic mass is 9.83. The SMILES string of the molecule is CC1=CC2C(=O)N(C)C(=O)C2CC1. The molecule has 0 radical (unpaired) electrons. The summed E-state index contributed by atoms with van der Waals surface area (Å²) in [7, 11) is 1.58. The number of likely N-dealkylation sites (tertiary alicyclic amines) is 1. The van der Waals surface area contributed by atoms with E-state index in [0.717, 1.165) is 12.8 Å². The largest absolute Gasteiger partial charge is 0.285 e. The van der Waals surface area contributed by atoms with Gasteiger partial charge in [-0.2, -0.15) is 0 Å². The Morgan fingerprint density at radius 3 is 2.77 bits per heavy atom. The highest BCUT2D eigenvalue weighted by Crippen LogP contribution is 2.35. The highest BCUT2D eigenvalue weighted by atomic mass is 16.2. The van der Waals surface area contributed by atoms with Crippen molar-refractivity contribution in [3.05, 3.63) is 11.6 Å². The molecule has 2 atom stereocenters. The Kier molecular flexibility index (Phi) is 1.75. The van der Waals surface area contributed by atoms with Crippen LogP contribution in [0.15, 0.2) is 11.6 Å². The zero-order valence-corrected chi connectivity index (χ0v) is 7.91. The van der Waals surface area contributed by atoms with E-state index in [1.807, 2.05) is 13.0 Å². The summed E-state index contributed by atoms with van der Waals surface area (Å²) in [6, 6.07) is 0. The van der Waals surface area contributed by atoms with Gasteiger partial charge in [-0.05, 0) is 19.8 Å². The lowest BCUT2D eigenvalue weighted by Gasteiger charge is -2.18. The summed E-state index contributed by atoms with van der Waals surface area (Å²) in [5.74, 6) is -0.264. The third-order valence-electron chi connectivity index (χ3n) is 3.01. The van der Waals surface area contributed by atoms with Crippen LogP contribution in [0.5, 0.6) is 0 Å². The predicted molar refractivity (Wildman–Crippen MR) is 47.7 cm³/mol. The molecule has 2 amide bonds. The Bertz CT molecular complexity index is 306. The van der Waals surface area contributed by atoms with Crippen LogP contribution in [-0.4, -0.2) is 23.8 Å². The monoisotopic (exact) mass is 179 g/mol. The van der Waals surface area contributed by atoms with Crippen LogP contribution < -0.4 is 0 Å². The second kappa shape index (κ2) is 2.69. The number of carbonyl (C=O) groups is 2. The molecule has 1 aliphatic carbocycles. The summed E-state index contributed by atoms with van der Waals surface area (Å²) >= 11 is 0. The molecule has 0 spiro atoms. The molecule has 13 heavy (non-hydrogen) atoms. The molecule has 0 aromatic carbocycles. The highest BCUT2D eigenvalue weighted by molar-refractivity contribution is 6.05. The van der Waals surface area contributed by atoms with E-state index >= 15 is 0 Å². The first-order chi connectivity index (χ1) is 6.11. The minimum atomic E-state index is -0.161. The van der Waals surface area contributed by atoms with E-state index in [4.69, 9.17) is 0 Å². The van der Waals surface area contributed by atoms with Crippen molar-refractivity contribution in [1.29, 1.82) is 0 Å². The smallest absolute Gasteiger partial charge is 0.236 e. The number of imide groups is 1. The summed E-state index contributed by atoms with van der Waals surface area (Å²) in [5.41, 5.74) is 1.23. The fourth-order valence-electron chi connectivity index (χ4n) is 2.17. The molecule has 2 unspecified atom stereocenters. The van der Waals surface area contributed by atoms with Crippen LogP contribution in [-0.2, 0) is 9.59 Å². The van der Waals surface area contributed by atoms with Gasteiger partial charge in [-0.15, -0.1) is 0 Å². The van der Waals surface area contributed by atoms with E-state index in [1.165, 1.54) is 10.5 Å². The normalized spacial score (nSPS) is 33.4. The van der Waals surface area contributed by atoms with Crippen molar-refractivity contribution >= 4 is 11.8 Å². The Hall–Kier alpha value is -1.12. The molecule has 1 aliphatic heterocycles. The fourth-order valence-corrected chi connectivity index (χ4v) is 2.17. The number of allylic oxidation sites excluding steroid dienone is 1. The van der Waals surface area contributed by atoms with Crippen LogP contribution in [0.25, 0.3) is 0 Å². The number of hydrogen-bond donors (Lipinski definition) is 0. The van der Waals surface area contributed by atoms with Crippen molar-refractivity contribution in [2.24, 2.45) is 11.8 Å². The van der Waals surface area contributed by atoms with Crippen molar-refractivity contribution in [3.8, 4) is 0 Å². The molecular formula is C10H13NO2. The van der Waals surface area contributed by atoms with Crippen molar-refractivity contribution in [2.75, 3.05) is 7.05 Å². The average molecular weight is 179 g/mol. The summed E-state index contributed by atoms with van der Waals surface area (Å²) in [6.45, 7) is 2.02. The van der Waals surface area contributed by atoms with Gasteiger partial charge in [-0.3, -0.25) is 14.5 Å². The third-order valence-corrected chi connectivity index (χ3v) is 3.01. The average Bonchev–Trinajstić information content (AvgIpc) is 2.32. The molecule has 1 heterocycles. The maximum atomic E-state index is 11.6. The van der Waals surface area contributed by atoms with Crippen LogP contribution >= 0.6 is 0 Å².